The molecule has 7 heteroatoms. The van der Waals surface area contributed by atoms with Gasteiger partial charge in [-0.25, -0.2) is 0 Å². The predicted molar refractivity (Wildman–Crippen MR) is 60.3 cm³/mol. The highest BCUT2D eigenvalue weighted by atomic mass is 19.4. The molecule has 19 heavy (non-hydrogen) atoms. The summed E-state index contributed by atoms with van der Waals surface area (Å²) in [6, 6.07) is 5.10. The molecular formula is C12H12F3NO3. The van der Waals surface area contributed by atoms with E-state index >= 15 is 0 Å². The van der Waals surface area contributed by atoms with Crippen LogP contribution in [0.5, 0.6) is 5.75 Å². The molecule has 0 saturated heterocycles. The van der Waals surface area contributed by atoms with Crippen molar-refractivity contribution in [2.75, 3.05) is 0 Å². The third kappa shape index (κ3) is 6.44. The SMILES string of the molecule is CC(=O)CC(=O)NCc1ccc(OC(F)(F)F)cc1. The molecule has 0 aliphatic rings. The summed E-state index contributed by atoms with van der Waals surface area (Å²) in [5, 5.41) is 2.48. The Balaban J connectivity index is 2.49. The Kier molecular flexibility index (Phi) is 4.91. The molecule has 0 aliphatic heterocycles. The van der Waals surface area contributed by atoms with Crippen molar-refractivity contribution in [3.8, 4) is 5.75 Å². The molecule has 1 aromatic carbocycles. The van der Waals surface area contributed by atoms with Gasteiger partial charge < -0.3 is 10.1 Å². The Bertz CT molecular complexity index is 454. The first-order valence-corrected chi connectivity index (χ1v) is 5.37. The number of carbonyl (C=O) groups excluding carboxylic acids is 2. The minimum Gasteiger partial charge on any atom is -0.406 e. The third-order valence-corrected chi connectivity index (χ3v) is 2.06. The lowest BCUT2D eigenvalue weighted by Gasteiger charge is -2.09. The highest BCUT2D eigenvalue weighted by molar-refractivity contribution is 5.96. The van der Waals surface area contributed by atoms with E-state index in [0.717, 1.165) is 12.1 Å². The predicted octanol–water partition coefficient (Wildman–Crippen LogP) is 2.18. The zero-order chi connectivity index (χ0) is 14.5. The van der Waals surface area contributed by atoms with E-state index in [1.54, 1.807) is 0 Å². The number of Topliss-reactive ketones (excluding diaryl/α,β-unsaturated/α-hetero) is 1. The molecule has 0 fully saturated rings. The summed E-state index contributed by atoms with van der Waals surface area (Å²) in [6.07, 6.45) is -4.94. The summed E-state index contributed by atoms with van der Waals surface area (Å²) in [6.45, 7) is 1.43. The lowest BCUT2D eigenvalue weighted by Crippen LogP contribution is -2.24. The van der Waals surface area contributed by atoms with Crippen molar-refractivity contribution < 1.29 is 27.5 Å². The Morgan fingerprint density at radius 2 is 1.79 bits per heavy atom. The van der Waals surface area contributed by atoms with Crippen molar-refractivity contribution in [3.63, 3.8) is 0 Å². The zero-order valence-electron chi connectivity index (χ0n) is 10.1. The fourth-order valence-corrected chi connectivity index (χ4v) is 1.30. The van der Waals surface area contributed by atoms with Crippen LogP contribution in [0.1, 0.15) is 18.9 Å². The summed E-state index contributed by atoms with van der Waals surface area (Å²) >= 11 is 0. The topological polar surface area (TPSA) is 55.4 Å². The molecular weight excluding hydrogens is 263 g/mol. The number of nitrogens with one attached hydrogen (secondary N) is 1. The van der Waals surface area contributed by atoms with Crippen LogP contribution < -0.4 is 10.1 Å². The van der Waals surface area contributed by atoms with Gasteiger partial charge in [0.15, 0.2) is 0 Å². The molecule has 0 saturated carbocycles. The van der Waals surface area contributed by atoms with Crippen molar-refractivity contribution in [1.29, 1.82) is 0 Å². The molecule has 1 aromatic rings. The number of ether oxygens (including phenoxy) is 1. The number of hydrogen-bond acceptors (Lipinski definition) is 3. The van der Waals surface area contributed by atoms with Crippen LogP contribution in [0.4, 0.5) is 13.2 Å². The third-order valence-electron chi connectivity index (χ3n) is 2.06. The van der Waals surface area contributed by atoms with Gasteiger partial charge in [0.05, 0.1) is 6.42 Å². The first-order valence-electron chi connectivity index (χ1n) is 5.37. The van der Waals surface area contributed by atoms with E-state index in [0.29, 0.717) is 5.56 Å². The van der Waals surface area contributed by atoms with Crippen molar-refractivity contribution in [2.45, 2.75) is 26.3 Å². The second-order valence-electron chi connectivity index (χ2n) is 3.85. The second-order valence-corrected chi connectivity index (χ2v) is 3.85. The van der Waals surface area contributed by atoms with Crippen molar-refractivity contribution >= 4 is 11.7 Å². The first kappa shape index (κ1) is 15.0. The molecule has 1 N–H and O–H groups in total. The number of carbonyl (C=O) groups is 2. The largest absolute Gasteiger partial charge is 0.573 e. The standard InChI is InChI=1S/C12H12F3NO3/c1-8(17)6-11(18)16-7-9-2-4-10(5-3-9)19-12(13,14)15/h2-5H,6-7H2,1H3,(H,16,18). The summed E-state index contributed by atoms with van der Waals surface area (Å²) < 4.78 is 39.4. The van der Waals surface area contributed by atoms with Crippen LogP contribution in [0, 0.1) is 0 Å². The van der Waals surface area contributed by atoms with E-state index in [1.807, 2.05) is 0 Å². The quantitative estimate of drug-likeness (QED) is 0.838. The Morgan fingerprint density at radius 1 is 1.21 bits per heavy atom. The molecule has 4 nitrogen and oxygen atoms in total. The van der Waals surface area contributed by atoms with Gasteiger partial charge in [0.1, 0.15) is 11.5 Å². The van der Waals surface area contributed by atoms with Crippen LogP contribution in [-0.2, 0) is 16.1 Å². The van der Waals surface area contributed by atoms with Crippen LogP contribution in [0.25, 0.3) is 0 Å². The lowest BCUT2D eigenvalue weighted by molar-refractivity contribution is -0.274. The zero-order valence-corrected chi connectivity index (χ0v) is 10.1. The van der Waals surface area contributed by atoms with Crippen LogP contribution in [0.3, 0.4) is 0 Å². The van der Waals surface area contributed by atoms with Crippen LogP contribution in [0.2, 0.25) is 0 Å². The maximum Gasteiger partial charge on any atom is 0.573 e. The normalized spacial score (nSPS) is 10.9. The van der Waals surface area contributed by atoms with E-state index < -0.39 is 12.3 Å². The number of hydrogen-bond donors (Lipinski definition) is 1. The van der Waals surface area contributed by atoms with Gasteiger partial charge >= 0.3 is 6.36 Å². The van der Waals surface area contributed by atoms with Crippen molar-refractivity contribution in [3.05, 3.63) is 29.8 Å². The molecule has 0 aromatic heterocycles. The molecule has 0 heterocycles. The highest BCUT2D eigenvalue weighted by Crippen LogP contribution is 2.22. The number of ketones is 1. The van der Waals surface area contributed by atoms with Gasteiger partial charge in [0.25, 0.3) is 0 Å². The molecule has 104 valence electrons. The Labute approximate surface area is 107 Å². The highest BCUT2D eigenvalue weighted by Gasteiger charge is 2.30. The minimum absolute atomic E-state index is 0.137. The van der Waals surface area contributed by atoms with E-state index in [9.17, 15) is 22.8 Å². The van der Waals surface area contributed by atoms with Crippen molar-refractivity contribution in [1.82, 2.24) is 5.32 Å². The van der Waals surface area contributed by atoms with Gasteiger partial charge in [-0.1, -0.05) is 12.1 Å². The second kappa shape index (κ2) is 6.21. The van der Waals surface area contributed by atoms with E-state index in [-0.39, 0.29) is 24.5 Å². The van der Waals surface area contributed by atoms with E-state index in [4.69, 9.17) is 0 Å². The molecule has 0 unspecified atom stereocenters. The van der Waals surface area contributed by atoms with Gasteiger partial charge in [0, 0.05) is 6.54 Å². The summed E-state index contributed by atoms with van der Waals surface area (Å²) in [5.74, 6) is -1.01. The monoisotopic (exact) mass is 275 g/mol. The van der Waals surface area contributed by atoms with Gasteiger partial charge in [-0.15, -0.1) is 13.2 Å². The Hall–Kier alpha value is -2.05. The molecule has 0 radical (unpaired) electrons. The number of rotatable bonds is 5. The van der Waals surface area contributed by atoms with Crippen LogP contribution >= 0.6 is 0 Å². The molecule has 1 rings (SSSR count). The van der Waals surface area contributed by atoms with Crippen LogP contribution in [0.15, 0.2) is 24.3 Å². The van der Waals surface area contributed by atoms with Gasteiger partial charge in [-0.2, -0.15) is 0 Å². The number of alkyl halides is 3. The number of benzene rings is 1. The van der Waals surface area contributed by atoms with Gasteiger partial charge in [-0.05, 0) is 24.6 Å². The maximum atomic E-state index is 11.9. The average molecular weight is 275 g/mol. The fraction of sp³-hybridized carbons (Fsp3) is 0.333. The number of amides is 1. The van der Waals surface area contributed by atoms with Crippen LogP contribution in [-0.4, -0.2) is 18.1 Å². The number of halogens is 3. The minimum atomic E-state index is -4.72. The summed E-state index contributed by atoms with van der Waals surface area (Å²) in [5.41, 5.74) is 0.603. The van der Waals surface area contributed by atoms with Gasteiger partial charge in [-0.3, -0.25) is 9.59 Å². The molecule has 0 spiro atoms. The average Bonchev–Trinajstić information content (AvgIpc) is 2.25. The molecule has 0 atom stereocenters. The van der Waals surface area contributed by atoms with E-state index in [2.05, 4.69) is 10.1 Å². The molecule has 1 amide bonds. The fourth-order valence-electron chi connectivity index (χ4n) is 1.30. The molecule has 0 bridgehead atoms. The van der Waals surface area contributed by atoms with E-state index in [1.165, 1.54) is 19.1 Å². The first-order chi connectivity index (χ1) is 8.76. The van der Waals surface area contributed by atoms with Gasteiger partial charge in [0.2, 0.25) is 5.91 Å². The smallest absolute Gasteiger partial charge is 0.406 e. The Morgan fingerprint density at radius 3 is 2.26 bits per heavy atom. The van der Waals surface area contributed by atoms with Crippen molar-refractivity contribution in [2.24, 2.45) is 0 Å². The summed E-state index contributed by atoms with van der Waals surface area (Å²) in [4.78, 5) is 21.8. The maximum absolute atomic E-state index is 11.9. The lowest BCUT2D eigenvalue weighted by atomic mass is 10.2. The molecule has 0 aliphatic carbocycles. The summed E-state index contributed by atoms with van der Waals surface area (Å²) in [7, 11) is 0.